The Morgan fingerprint density at radius 2 is 1.95 bits per heavy atom. The molecule has 0 aromatic heterocycles. The van der Waals surface area contributed by atoms with Gasteiger partial charge in [-0.15, -0.1) is 5.73 Å². The normalized spacial score (nSPS) is 11.6. The minimum absolute atomic E-state index is 0.0286. The molecule has 5 nitrogen and oxygen atoms in total. The highest BCUT2D eigenvalue weighted by Crippen LogP contribution is 2.20. The maximum Gasteiger partial charge on any atom is 0.119 e. The van der Waals surface area contributed by atoms with E-state index in [1.165, 1.54) is 0 Å². The Balaban J connectivity index is 2.60. The Morgan fingerprint density at radius 1 is 1.23 bits per heavy atom. The average molecular weight is 308 g/mol. The quantitative estimate of drug-likeness (QED) is 0.572. The molecule has 0 amide bonds. The molecule has 0 saturated carbocycles. The van der Waals surface area contributed by atoms with Crippen LogP contribution < -0.4 is 4.74 Å². The van der Waals surface area contributed by atoms with Crippen LogP contribution in [-0.4, -0.2) is 48.9 Å². The van der Waals surface area contributed by atoms with Crippen LogP contribution in [0.5, 0.6) is 5.75 Å². The van der Waals surface area contributed by atoms with E-state index in [9.17, 15) is 5.11 Å². The number of hydrogen-bond donors (Lipinski definition) is 3. The van der Waals surface area contributed by atoms with Crippen LogP contribution in [0.25, 0.3) is 0 Å². The molecule has 3 N–H and O–H groups in total. The Bertz CT molecular complexity index is 466. The summed E-state index contributed by atoms with van der Waals surface area (Å²) in [5.74, 6) is 0.658. The van der Waals surface area contributed by atoms with Gasteiger partial charge in [-0.25, -0.2) is 0 Å². The van der Waals surface area contributed by atoms with Crippen molar-refractivity contribution in [1.29, 1.82) is 0 Å². The highest BCUT2D eigenvalue weighted by molar-refractivity contribution is 5.28. The lowest BCUT2D eigenvalue weighted by molar-refractivity contribution is 0.181. The predicted octanol–water partition coefficient (Wildman–Crippen LogP) is 1.59. The number of hydrogen-bond acceptors (Lipinski definition) is 5. The van der Waals surface area contributed by atoms with Crippen LogP contribution in [0.4, 0.5) is 0 Å². The lowest BCUT2D eigenvalue weighted by Gasteiger charge is -2.09. The molecule has 22 heavy (non-hydrogen) atoms. The maximum absolute atomic E-state index is 10.1. The number of aliphatic hydroxyl groups excluding tert-OH is 3. The lowest BCUT2D eigenvalue weighted by Crippen LogP contribution is -2.02. The average Bonchev–Trinajstić information content (AvgIpc) is 2.53. The van der Waals surface area contributed by atoms with Gasteiger partial charge in [0.1, 0.15) is 12.4 Å². The molecule has 0 unspecified atom stereocenters. The summed E-state index contributed by atoms with van der Waals surface area (Å²) in [4.78, 5) is 0. The Hall–Kier alpha value is -1.62. The van der Waals surface area contributed by atoms with Crippen LogP contribution in [0.3, 0.4) is 0 Å². The summed E-state index contributed by atoms with van der Waals surface area (Å²) in [6.45, 7) is 0.698. The molecule has 0 fully saturated rings. The fourth-order valence-electron chi connectivity index (χ4n) is 1.90. The number of methoxy groups -OCH3 is 1. The molecule has 122 valence electrons. The van der Waals surface area contributed by atoms with Crippen molar-refractivity contribution in [2.45, 2.75) is 18.9 Å². The zero-order valence-corrected chi connectivity index (χ0v) is 12.9. The monoisotopic (exact) mass is 308 g/mol. The minimum Gasteiger partial charge on any atom is -0.491 e. The lowest BCUT2D eigenvalue weighted by atomic mass is 10.1. The molecular weight excluding hydrogens is 284 g/mol. The molecule has 1 aromatic rings. The van der Waals surface area contributed by atoms with Crippen molar-refractivity contribution in [3.8, 4) is 5.75 Å². The maximum atomic E-state index is 10.1. The van der Waals surface area contributed by atoms with Crippen LogP contribution in [0.15, 0.2) is 41.6 Å². The number of aliphatic hydroxyl groups is 3. The molecule has 1 aromatic carbocycles. The summed E-state index contributed by atoms with van der Waals surface area (Å²) in [6.07, 6.45) is 2.06. The van der Waals surface area contributed by atoms with Gasteiger partial charge < -0.3 is 24.8 Å². The van der Waals surface area contributed by atoms with Crippen LogP contribution >= 0.6 is 0 Å². The van der Waals surface area contributed by atoms with E-state index in [-0.39, 0.29) is 19.8 Å². The largest absolute Gasteiger partial charge is 0.491 e. The highest BCUT2D eigenvalue weighted by atomic mass is 16.5. The molecule has 0 radical (unpaired) electrons. The standard InChI is InChI=1S/C17H24O5/c1-21-13-14(9-10-18)3-2-4-17(20)15-5-7-16(8-6-15)22-12-11-19/h2,5-8,17-20H,4,9-13H2,1H3/t3?,17-/m0/s1. The van der Waals surface area contributed by atoms with Crippen molar-refractivity contribution in [1.82, 2.24) is 0 Å². The van der Waals surface area contributed by atoms with Gasteiger partial charge in [-0.2, -0.15) is 0 Å². The number of rotatable bonds is 10. The van der Waals surface area contributed by atoms with Crippen molar-refractivity contribution in [3.05, 3.63) is 47.2 Å². The SMILES string of the molecule is COCC(=C=CC[C@H](O)c1ccc(OCCO)cc1)CCO. The Kier molecular flexibility index (Phi) is 9.23. The van der Waals surface area contributed by atoms with E-state index < -0.39 is 6.10 Å². The number of ether oxygens (including phenoxy) is 2. The third kappa shape index (κ3) is 6.89. The van der Waals surface area contributed by atoms with Gasteiger partial charge in [-0.1, -0.05) is 12.1 Å². The Labute approximate surface area is 131 Å². The second kappa shape index (κ2) is 11.0. The summed E-state index contributed by atoms with van der Waals surface area (Å²) in [6, 6.07) is 7.10. The van der Waals surface area contributed by atoms with Gasteiger partial charge in [0.25, 0.3) is 0 Å². The van der Waals surface area contributed by atoms with Crippen LogP contribution in [0.1, 0.15) is 24.5 Å². The molecule has 0 heterocycles. The third-order valence-corrected chi connectivity index (χ3v) is 3.00. The molecule has 1 rings (SSSR count). The first-order chi connectivity index (χ1) is 10.7. The molecule has 0 aliphatic rings. The van der Waals surface area contributed by atoms with Gasteiger partial charge in [-0.3, -0.25) is 0 Å². The van der Waals surface area contributed by atoms with Gasteiger partial charge in [0.05, 0.1) is 19.3 Å². The van der Waals surface area contributed by atoms with Crippen molar-refractivity contribution in [3.63, 3.8) is 0 Å². The van der Waals surface area contributed by atoms with E-state index in [2.05, 4.69) is 5.73 Å². The summed E-state index contributed by atoms with van der Waals surface area (Å²) < 4.78 is 10.3. The second-order valence-electron chi connectivity index (χ2n) is 4.75. The number of benzene rings is 1. The fraction of sp³-hybridized carbons (Fsp3) is 0.471. The smallest absolute Gasteiger partial charge is 0.119 e. The van der Waals surface area contributed by atoms with E-state index in [4.69, 9.17) is 19.7 Å². The van der Waals surface area contributed by atoms with Gasteiger partial charge in [0, 0.05) is 26.6 Å². The molecule has 0 spiro atoms. The molecule has 0 saturated heterocycles. The Morgan fingerprint density at radius 3 is 2.55 bits per heavy atom. The fourth-order valence-corrected chi connectivity index (χ4v) is 1.90. The van der Waals surface area contributed by atoms with Gasteiger partial charge in [0.2, 0.25) is 0 Å². The van der Waals surface area contributed by atoms with Crippen LogP contribution in [-0.2, 0) is 4.74 Å². The van der Waals surface area contributed by atoms with E-state index >= 15 is 0 Å². The zero-order valence-electron chi connectivity index (χ0n) is 12.9. The molecule has 0 aliphatic carbocycles. The molecule has 0 aliphatic heterocycles. The first-order valence-corrected chi connectivity index (χ1v) is 7.25. The molecule has 0 bridgehead atoms. The van der Waals surface area contributed by atoms with Crippen molar-refractivity contribution < 1.29 is 24.8 Å². The van der Waals surface area contributed by atoms with Gasteiger partial charge in [-0.05, 0) is 29.3 Å². The van der Waals surface area contributed by atoms with E-state index in [0.29, 0.717) is 25.2 Å². The highest BCUT2D eigenvalue weighted by Gasteiger charge is 2.05. The summed E-state index contributed by atoms with van der Waals surface area (Å²) in [7, 11) is 1.59. The van der Waals surface area contributed by atoms with E-state index in [1.807, 2.05) is 0 Å². The van der Waals surface area contributed by atoms with Gasteiger partial charge in [0.15, 0.2) is 0 Å². The van der Waals surface area contributed by atoms with Gasteiger partial charge >= 0.3 is 0 Å². The van der Waals surface area contributed by atoms with E-state index in [0.717, 1.165) is 11.1 Å². The summed E-state index contributed by atoms with van der Waals surface area (Å²) in [5.41, 5.74) is 4.70. The molecule has 5 heteroatoms. The first kappa shape index (κ1) is 18.4. The van der Waals surface area contributed by atoms with Crippen molar-refractivity contribution in [2.24, 2.45) is 0 Å². The molecule has 1 atom stereocenters. The first-order valence-electron chi connectivity index (χ1n) is 7.25. The van der Waals surface area contributed by atoms with Crippen LogP contribution in [0.2, 0.25) is 0 Å². The topological polar surface area (TPSA) is 79.2 Å². The van der Waals surface area contributed by atoms with Crippen molar-refractivity contribution in [2.75, 3.05) is 33.5 Å². The molecular formula is C17H24O5. The third-order valence-electron chi connectivity index (χ3n) is 3.00. The predicted molar refractivity (Wildman–Crippen MR) is 83.8 cm³/mol. The summed E-state index contributed by atoms with van der Waals surface area (Å²) >= 11 is 0. The minimum atomic E-state index is -0.627. The van der Waals surface area contributed by atoms with E-state index in [1.54, 1.807) is 37.5 Å². The summed E-state index contributed by atoms with van der Waals surface area (Å²) in [5, 5.41) is 27.7. The van der Waals surface area contributed by atoms with Crippen LogP contribution in [0, 0.1) is 0 Å². The zero-order chi connectivity index (χ0) is 16.2. The second-order valence-corrected chi connectivity index (χ2v) is 4.75. The van der Waals surface area contributed by atoms with Crippen molar-refractivity contribution >= 4 is 0 Å².